The van der Waals surface area contributed by atoms with Crippen LogP contribution in [-0.4, -0.2) is 30.8 Å². The molecule has 0 N–H and O–H groups in total. The first-order valence-corrected chi connectivity index (χ1v) is 18.9. The monoisotopic (exact) mass is 718 g/mol. The van der Waals surface area contributed by atoms with Crippen LogP contribution in [0.2, 0.25) is 0 Å². The third-order valence-electron chi connectivity index (χ3n) is 11.3. The highest BCUT2D eigenvalue weighted by Crippen LogP contribution is 2.44. The van der Waals surface area contributed by atoms with Crippen molar-refractivity contribution in [3.05, 3.63) is 181 Å². The number of fused-ring (bicyclic) bond motifs is 9. The van der Waals surface area contributed by atoms with E-state index in [-0.39, 0.29) is 6.71 Å². The van der Waals surface area contributed by atoms with Gasteiger partial charge in [0.1, 0.15) is 23.1 Å². The van der Waals surface area contributed by atoms with Crippen LogP contribution < -0.4 is 36.9 Å². The highest BCUT2D eigenvalue weighted by atomic mass is 15.3. The van der Waals surface area contributed by atoms with Gasteiger partial charge in [-0.15, -0.1) is 0 Å². The van der Waals surface area contributed by atoms with Crippen molar-refractivity contribution < 1.29 is 0 Å². The number of hydrogen-bond donors (Lipinski definition) is 0. The predicted octanol–water partition coefficient (Wildman–Crippen LogP) is 7.16. The number of para-hydroxylation sites is 3. The third-order valence-corrected chi connectivity index (χ3v) is 11.3. The summed E-state index contributed by atoms with van der Waals surface area (Å²) >= 11 is 0. The Morgan fingerprint density at radius 3 is 2.09 bits per heavy atom. The van der Waals surface area contributed by atoms with Gasteiger partial charge in [-0.2, -0.15) is 0 Å². The molecule has 262 valence electrons. The van der Waals surface area contributed by atoms with Crippen molar-refractivity contribution in [1.29, 1.82) is 0 Å². The average molecular weight is 719 g/mol. The Hall–Kier alpha value is -7.52. The molecule has 0 spiro atoms. The Morgan fingerprint density at radius 2 is 1.32 bits per heavy atom. The minimum Gasteiger partial charge on any atom is -0.311 e. The van der Waals surface area contributed by atoms with Crippen LogP contribution in [0.25, 0.3) is 39.5 Å². The topological polar surface area (TPSA) is 67.4 Å². The number of allylic oxidation sites excluding steroid dienone is 1. The first-order valence-electron chi connectivity index (χ1n) is 18.9. The van der Waals surface area contributed by atoms with Crippen molar-refractivity contribution in [3.63, 3.8) is 0 Å². The molecule has 0 atom stereocenters. The van der Waals surface area contributed by atoms with Crippen molar-refractivity contribution in [2.75, 3.05) is 9.80 Å². The molecule has 0 radical (unpaired) electrons. The predicted molar refractivity (Wildman–Crippen MR) is 227 cm³/mol. The van der Waals surface area contributed by atoms with E-state index in [4.69, 9.17) is 19.9 Å². The summed E-state index contributed by atoms with van der Waals surface area (Å²) in [5.41, 5.74) is 11.4. The molecule has 9 aromatic rings. The highest BCUT2D eigenvalue weighted by molar-refractivity contribution is 7.00. The van der Waals surface area contributed by atoms with E-state index >= 15 is 0 Å². The maximum Gasteiger partial charge on any atom is 0.252 e. The average Bonchev–Trinajstić information content (AvgIpc) is 3.64. The Balaban J connectivity index is 1.30. The Labute approximate surface area is 322 Å². The van der Waals surface area contributed by atoms with Gasteiger partial charge in [0.25, 0.3) is 6.71 Å². The number of aromatic nitrogens is 5. The SMILES string of the molecule is C1=CN=c2c(n(-c3ccccn3)c3c2c2cccc4c2n3-c2cc(N(c3ccccn3)c3ccccn3)cc3c2B4c2ccccc2N3c2ccccc2)=CC1. The zero-order valence-electron chi connectivity index (χ0n) is 30.1. The van der Waals surface area contributed by atoms with Crippen LogP contribution in [0.5, 0.6) is 0 Å². The molecule has 0 saturated carbocycles. The van der Waals surface area contributed by atoms with E-state index in [0.717, 1.165) is 74.1 Å². The molecule has 8 heterocycles. The summed E-state index contributed by atoms with van der Waals surface area (Å²) in [6.45, 7) is -0.0242. The zero-order valence-corrected chi connectivity index (χ0v) is 30.1. The molecule has 0 fully saturated rings. The lowest BCUT2D eigenvalue weighted by Gasteiger charge is -2.41. The molecule has 5 aromatic heterocycles. The standard InChI is InChI=1S/C47H31BN8/c1-2-15-31(16-3-1)53-36-20-5-4-18-34(36)48-35-19-14-17-33-43-45-37(21-6-10-28-52-45)55(42-24-9-13-27-51-42)47(43)56(46(33)35)39-30-32(29-38(53)44(39)48)54(40-22-7-11-25-49-40)41-23-8-12-26-50-41/h1-5,7-30H,6H2. The van der Waals surface area contributed by atoms with Crippen LogP contribution in [-0.2, 0) is 0 Å². The quantitative estimate of drug-likeness (QED) is 0.177. The number of anilines is 6. The van der Waals surface area contributed by atoms with Gasteiger partial charge in [0.2, 0.25) is 0 Å². The lowest BCUT2D eigenvalue weighted by Crippen LogP contribution is -2.60. The smallest absolute Gasteiger partial charge is 0.252 e. The minimum atomic E-state index is -0.0242. The van der Waals surface area contributed by atoms with E-state index in [2.05, 4.69) is 128 Å². The molecule has 8 nitrogen and oxygen atoms in total. The van der Waals surface area contributed by atoms with Crippen molar-refractivity contribution in [2.24, 2.45) is 4.99 Å². The fourth-order valence-electron chi connectivity index (χ4n) is 9.17. The maximum atomic E-state index is 5.14. The van der Waals surface area contributed by atoms with E-state index in [1.165, 1.54) is 27.3 Å². The molecule has 3 aliphatic rings. The molecule has 0 bridgehead atoms. The summed E-state index contributed by atoms with van der Waals surface area (Å²) in [6.07, 6.45) is 12.7. The van der Waals surface area contributed by atoms with E-state index in [1.54, 1.807) is 0 Å². The third kappa shape index (κ3) is 4.30. The fourth-order valence-corrected chi connectivity index (χ4v) is 9.17. The normalized spacial score (nSPS) is 13.4. The van der Waals surface area contributed by atoms with Crippen LogP contribution in [0.15, 0.2) is 175 Å². The summed E-state index contributed by atoms with van der Waals surface area (Å²) in [4.78, 5) is 24.5. The van der Waals surface area contributed by atoms with Crippen molar-refractivity contribution in [1.82, 2.24) is 24.1 Å². The largest absolute Gasteiger partial charge is 0.311 e. The molecule has 0 aliphatic carbocycles. The first-order chi connectivity index (χ1) is 27.8. The van der Waals surface area contributed by atoms with Crippen molar-refractivity contribution in [2.45, 2.75) is 6.42 Å². The van der Waals surface area contributed by atoms with Gasteiger partial charge in [-0.05, 0) is 89.5 Å². The molecule has 0 unspecified atom stereocenters. The summed E-state index contributed by atoms with van der Waals surface area (Å²) in [5.74, 6) is 2.40. The molecular formula is C47H31BN8. The Morgan fingerprint density at radius 1 is 0.607 bits per heavy atom. The first kappa shape index (κ1) is 30.9. The van der Waals surface area contributed by atoms with E-state index < -0.39 is 0 Å². The molecule has 0 saturated heterocycles. The van der Waals surface area contributed by atoms with Crippen LogP contribution >= 0.6 is 0 Å². The lowest BCUT2D eigenvalue weighted by molar-refractivity contribution is 0.956. The van der Waals surface area contributed by atoms with Gasteiger partial charge in [-0.1, -0.05) is 84.9 Å². The highest BCUT2D eigenvalue weighted by Gasteiger charge is 2.43. The maximum absolute atomic E-state index is 5.14. The molecule has 4 aromatic carbocycles. The zero-order chi connectivity index (χ0) is 36.7. The molecule has 3 aliphatic heterocycles. The number of rotatable bonds is 5. The Bertz CT molecular complexity index is 3140. The van der Waals surface area contributed by atoms with Gasteiger partial charge < -0.3 is 4.90 Å². The summed E-state index contributed by atoms with van der Waals surface area (Å²) in [6, 6.07) is 49.2. The van der Waals surface area contributed by atoms with Crippen molar-refractivity contribution in [3.8, 4) is 11.5 Å². The lowest BCUT2D eigenvalue weighted by atomic mass is 9.34. The number of pyridine rings is 3. The van der Waals surface area contributed by atoms with Gasteiger partial charge in [0.15, 0.2) is 0 Å². The van der Waals surface area contributed by atoms with E-state index in [0.29, 0.717) is 0 Å². The number of nitrogens with zero attached hydrogens (tertiary/aromatic N) is 8. The molecular weight excluding hydrogens is 687 g/mol. The Kier molecular flexibility index (Phi) is 6.62. The summed E-state index contributed by atoms with van der Waals surface area (Å²) in [5, 5.41) is 4.29. The summed E-state index contributed by atoms with van der Waals surface area (Å²) < 4.78 is 4.80. The second-order valence-electron chi connectivity index (χ2n) is 14.3. The van der Waals surface area contributed by atoms with Gasteiger partial charge >= 0.3 is 0 Å². The minimum absolute atomic E-state index is 0.0242. The fraction of sp³-hybridized carbons (Fsp3) is 0.0213. The van der Waals surface area contributed by atoms with Gasteiger partial charge in [0, 0.05) is 52.9 Å². The molecule has 12 rings (SSSR count). The molecule has 56 heavy (non-hydrogen) atoms. The second kappa shape index (κ2) is 12.0. The van der Waals surface area contributed by atoms with Gasteiger partial charge in [0.05, 0.1) is 27.3 Å². The number of benzene rings is 4. The van der Waals surface area contributed by atoms with Crippen LogP contribution in [0, 0.1) is 0 Å². The second-order valence-corrected chi connectivity index (χ2v) is 14.3. The van der Waals surface area contributed by atoms with Crippen LogP contribution in [0.4, 0.5) is 34.4 Å². The molecule has 9 heteroatoms. The summed E-state index contributed by atoms with van der Waals surface area (Å²) in [7, 11) is 0. The van der Waals surface area contributed by atoms with Crippen LogP contribution in [0.1, 0.15) is 6.42 Å². The van der Waals surface area contributed by atoms with Crippen LogP contribution in [0.3, 0.4) is 0 Å². The van der Waals surface area contributed by atoms with Gasteiger partial charge in [-0.3, -0.25) is 19.0 Å². The molecule has 0 amide bonds. The van der Waals surface area contributed by atoms with E-state index in [1.807, 2.05) is 67.3 Å². The van der Waals surface area contributed by atoms with E-state index in [9.17, 15) is 0 Å². The number of hydrogen-bond acceptors (Lipinski definition) is 6. The van der Waals surface area contributed by atoms with Gasteiger partial charge in [-0.25, -0.2) is 15.0 Å². The van der Waals surface area contributed by atoms with Crippen molar-refractivity contribution >= 4 is 85.5 Å².